The van der Waals surface area contributed by atoms with Crippen LogP contribution in [0.3, 0.4) is 0 Å². The largest absolute Gasteiger partial charge is 0.493 e. The molecule has 0 aliphatic heterocycles. The molecule has 0 radical (unpaired) electrons. The molecule has 0 aromatic heterocycles. The molecule has 0 fully saturated rings. The minimum atomic E-state index is -3.32. The number of ether oxygens (including phenoxy) is 2. The van der Waals surface area contributed by atoms with Crippen LogP contribution in [0.2, 0.25) is 0 Å². The summed E-state index contributed by atoms with van der Waals surface area (Å²) < 4.78 is 38.2. The summed E-state index contributed by atoms with van der Waals surface area (Å²) in [6.45, 7) is 10.8. The third-order valence-electron chi connectivity index (χ3n) is 6.15. The summed E-state index contributed by atoms with van der Waals surface area (Å²) in [5.74, 6) is 2.05. The molecule has 0 bridgehead atoms. The molecule has 2 aromatic carbocycles. The fourth-order valence-electron chi connectivity index (χ4n) is 3.31. The zero-order valence-electron chi connectivity index (χ0n) is 24.8. The van der Waals surface area contributed by atoms with Gasteiger partial charge in [0.2, 0.25) is 0 Å². The summed E-state index contributed by atoms with van der Waals surface area (Å²) in [5, 5.41) is 0. The average molecular weight is 537 g/mol. The van der Waals surface area contributed by atoms with Gasteiger partial charge in [-0.25, -0.2) is 4.57 Å². The van der Waals surface area contributed by atoms with Crippen LogP contribution < -0.4 is 23.0 Å². The summed E-state index contributed by atoms with van der Waals surface area (Å²) in [4.78, 5) is 0. The van der Waals surface area contributed by atoms with Gasteiger partial charge in [-0.05, 0) is 37.3 Å². The van der Waals surface area contributed by atoms with E-state index in [0.717, 1.165) is 28.8 Å². The van der Waals surface area contributed by atoms with Crippen molar-refractivity contribution in [2.75, 3.05) is 62.2 Å². The molecule has 0 N–H and O–H groups in total. The highest BCUT2D eigenvalue weighted by Crippen LogP contribution is 2.49. The van der Waals surface area contributed by atoms with Crippen LogP contribution in [0.1, 0.15) is 40.5 Å². The van der Waals surface area contributed by atoms with Crippen molar-refractivity contribution < 1.29 is 23.1 Å². The molecule has 2 unspecified atom stereocenters. The number of rotatable bonds is 13. The SMILES string of the molecule is CC(OP(C)(=O)Oc1cc(OCCCCOc2cccc([N+](C)(C)C)c2)cc([N+](C)(C)C)c1)C(C)(C)C. The quantitative estimate of drug-likeness (QED) is 0.157. The Morgan fingerprint density at radius 3 is 1.84 bits per heavy atom. The van der Waals surface area contributed by atoms with Crippen molar-refractivity contribution in [2.45, 2.75) is 46.6 Å². The normalized spacial score (nSPS) is 15.1. The zero-order valence-corrected chi connectivity index (χ0v) is 25.7. The summed E-state index contributed by atoms with van der Waals surface area (Å²) in [5.41, 5.74) is 2.04. The van der Waals surface area contributed by atoms with Crippen molar-refractivity contribution in [3.05, 3.63) is 42.5 Å². The Balaban J connectivity index is 1.97. The Labute approximate surface area is 225 Å². The van der Waals surface area contributed by atoms with E-state index in [-0.39, 0.29) is 11.5 Å². The lowest BCUT2D eigenvalue weighted by atomic mass is 9.91. The van der Waals surface area contributed by atoms with Gasteiger partial charge in [0, 0.05) is 30.9 Å². The molecule has 0 aliphatic carbocycles. The van der Waals surface area contributed by atoms with Crippen LogP contribution in [-0.4, -0.2) is 68.3 Å². The van der Waals surface area contributed by atoms with Gasteiger partial charge in [0.25, 0.3) is 0 Å². The Morgan fingerprint density at radius 2 is 1.30 bits per heavy atom. The van der Waals surface area contributed by atoms with Gasteiger partial charge in [0.15, 0.2) is 0 Å². The second kappa shape index (κ2) is 12.2. The van der Waals surface area contributed by atoms with E-state index in [1.54, 1.807) is 6.07 Å². The average Bonchev–Trinajstić information content (AvgIpc) is 2.73. The van der Waals surface area contributed by atoms with E-state index >= 15 is 0 Å². The Hall–Kier alpha value is -2.05. The van der Waals surface area contributed by atoms with Crippen LogP contribution in [-0.2, 0) is 9.09 Å². The predicted octanol–water partition coefficient (Wildman–Crippen LogP) is 6.97. The molecular weight excluding hydrogens is 487 g/mol. The van der Waals surface area contributed by atoms with Gasteiger partial charge in [0.05, 0.1) is 61.6 Å². The molecule has 0 amide bonds. The standard InChI is InChI=1S/C29H49N2O5P/c1-23(29(2,3)4)35-37(11,32)36-28-21-25(31(8,9)10)20-27(22-28)34-18-13-12-17-33-26-16-14-15-24(19-26)30(5,6)7/h14-16,19-23H,12-13,17-18H2,1-11H3/q+2. The molecular formula is C29H49N2O5P+2. The summed E-state index contributed by atoms with van der Waals surface area (Å²) in [7, 11) is 9.29. The molecule has 0 aliphatic rings. The third-order valence-corrected chi connectivity index (χ3v) is 7.39. The maximum absolute atomic E-state index is 13.1. The number of nitrogens with zero attached hydrogens (tertiary/aromatic N) is 2. The lowest BCUT2D eigenvalue weighted by Gasteiger charge is -2.30. The monoisotopic (exact) mass is 536 g/mol. The van der Waals surface area contributed by atoms with Gasteiger partial charge in [-0.1, -0.05) is 26.8 Å². The van der Waals surface area contributed by atoms with Crippen LogP contribution >= 0.6 is 7.60 Å². The number of quaternary nitrogens is 2. The van der Waals surface area contributed by atoms with E-state index < -0.39 is 7.60 Å². The number of hydrogen-bond donors (Lipinski definition) is 0. The number of hydrogen-bond acceptors (Lipinski definition) is 5. The molecule has 0 saturated carbocycles. The fourth-order valence-corrected chi connectivity index (χ4v) is 4.74. The lowest BCUT2D eigenvalue weighted by molar-refractivity contribution is 0.0934. The molecule has 2 rings (SSSR count). The minimum absolute atomic E-state index is 0.147. The summed E-state index contributed by atoms with van der Waals surface area (Å²) in [6.07, 6.45) is 1.49. The Bertz CT molecular complexity index is 1070. The first-order valence-corrected chi connectivity index (χ1v) is 15.0. The highest BCUT2D eigenvalue weighted by Gasteiger charge is 2.30. The molecule has 0 saturated heterocycles. The van der Waals surface area contributed by atoms with Crippen molar-refractivity contribution >= 4 is 19.0 Å². The Morgan fingerprint density at radius 1 is 0.784 bits per heavy atom. The zero-order chi connectivity index (χ0) is 28.1. The van der Waals surface area contributed by atoms with Crippen LogP contribution in [0, 0.1) is 5.41 Å². The summed E-state index contributed by atoms with van der Waals surface area (Å²) in [6, 6.07) is 13.9. The fraction of sp³-hybridized carbons (Fsp3) is 0.586. The first-order chi connectivity index (χ1) is 16.9. The van der Waals surface area contributed by atoms with Crippen LogP contribution in [0.4, 0.5) is 11.4 Å². The number of benzene rings is 2. The van der Waals surface area contributed by atoms with E-state index in [9.17, 15) is 4.57 Å². The van der Waals surface area contributed by atoms with E-state index in [2.05, 4.69) is 75.2 Å². The van der Waals surface area contributed by atoms with E-state index in [1.165, 1.54) is 12.4 Å². The van der Waals surface area contributed by atoms with Gasteiger partial charge < -0.3 is 14.0 Å². The summed E-state index contributed by atoms with van der Waals surface area (Å²) >= 11 is 0. The molecule has 0 spiro atoms. The van der Waals surface area contributed by atoms with Crippen molar-refractivity contribution in [1.82, 2.24) is 8.97 Å². The molecule has 2 atom stereocenters. The highest BCUT2D eigenvalue weighted by molar-refractivity contribution is 7.53. The van der Waals surface area contributed by atoms with Crippen molar-refractivity contribution in [1.29, 1.82) is 0 Å². The molecule has 2 aromatic rings. The van der Waals surface area contributed by atoms with Gasteiger partial charge in [-0.2, -0.15) is 0 Å². The van der Waals surface area contributed by atoms with Gasteiger partial charge in [0.1, 0.15) is 28.6 Å². The van der Waals surface area contributed by atoms with Gasteiger partial charge in [-0.15, -0.1) is 0 Å². The van der Waals surface area contributed by atoms with Crippen LogP contribution in [0.15, 0.2) is 42.5 Å². The van der Waals surface area contributed by atoms with Gasteiger partial charge in [-0.3, -0.25) is 13.5 Å². The maximum Gasteiger partial charge on any atom is 0.376 e. The van der Waals surface area contributed by atoms with E-state index in [1.807, 2.05) is 31.2 Å². The highest BCUT2D eigenvalue weighted by atomic mass is 31.2. The first kappa shape index (κ1) is 31.2. The number of unbranched alkanes of at least 4 members (excludes halogenated alkanes) is 1. The third kappa shape index (κ3) is 10.7. The van der Waals surface area contributed by atoms with E-state index in [4.69, 9.17) is 18.5 Å². The maximum atomic E-state index is 13.1. The first-order valence-electron chi connectivity index (χ1n) is 13.0. The Kier molecular flexibility index (Phi) is 10.3. The van der Waals surface area contributed by atoms with E-state index in [0.29, 0.717) is 29.2 Å². The lowest BCUT2D eigenvalue weighted by Crippen LogP contribution is -2.34. The molecule has 0 heterocycles. The van der Waals surface area contributed by atoms with Crippen molar-refractivity contribution in [3.8, 4) is 17.2 Å². The van der Waals surface area contributed by atoms with Crippen molar-refractivity contribution in [2.24, 2.45) is 5.41 Å². The van der Waals surface area contributed by atoms with Crippen molar-refractivity contribution in [3.63, 3.8) is 0 Å². The topological polar surface area (TPSA) is 54.0 Å². The van der Waals surface area contributed by atoms with Crippen LogP contribution in [0.25, 0.3) is 0 Å². The predicted molar refractivity (Wildman–Crippen MR) is 156 cm³/mol. The molecule has 8 heteroatoms. The van der Waals surface area contributed by atoms with Crippen LogP contribution in [0.5, 0.6) is 17.2 Å². The second-order valence-corrected chi connectivity index (χ2v) is 14.5. The molecule has 37 heavy (non-hydrogen) atoms. The van der Waals surface area contributed by atoms with Gasteiger partial charge >= 0.3 is 7.60 Å². The second-order valence-electron chi connectivity index (χ2n) is 12.6. The smallest absolute Gasteiger partial charge is 0.376 e. The minimum Gasteiger partial charge on any atom is -0.493 e. The molecule has 7 nitrogen and oxygen atoms in total. The molecule has 208 valence electrons.